The molecule has 0 aliphatic heterocycles. The number of carbonyl (C=O) groups excluding carboxylic acids is 3. The third-order valence-electron chi connectivity index (χ3n) is 4.65. The van der Waals surface area contributed by atoms with Crippen LogP contribution in [-0.2, 0) is 11.3 Å². The molecular weight excluding hydrogens is 386 g/mol. The molecule has 8 heteroatoms. The summed E-state index contributed by atoms with van der Waals surface area (Å²) in [4.78, 5) is 46.6. The van der Waals surface area contributed by atoms with Crippen LogP contribution in [0.2, 0.25) is 0 Å². The molecule has 0 bridgehead atoms. The SMILES string of the molecule is CCOC(=O)c1[nH]c(C)c(C(=O)CN(Cc2cccnc2)C(=O)c2ccco2)c1C. The van der Waals surface area contributed by atoms with Gasteiger partial charge in [0.05, 0.1) is 19.4 Å². The topological polar surface area (TPSA) is 106 Å². The lowest BCUT2D eigenvalue weighted by molar-refractivity contribution is 0.0519. The zero-order valence-electron chi connectivity index (χ0n) is 17.1. The highest BCUT2D eigenvalue weighted by atomic mass is 16.5. The molecule has 0 atom stereocenters. The Morgan fingerprint density at radius 1 is 1.20 bits per heavy atom. The number of nitrogens with zero attached hydrogens (tertiary/aromatic N) is 2. The number of aryl methyl sites for hydroxylation is 1. The van der Waals surface area contributed by atoms with Gasteiger partial charge in [-0.3, -0.25) is 14.6 Å². The van der Waals surface area contributed by atoms with Crippen LogP contribution in [0, 0.1) is 13.8 Å². The van der Waals surface area contributed by atoms with Crippen molar-refractivity contribution in [1.82, 2.24) is 14.9 Å². The van der Waals surface area contributed by atoms with E-state index in [4.69, 9.17) is 9.15 Å². The Labute approximate surface area is 173 Å². The highest BCUT2D eigenvalue weighted by Gasteiger charge is 2.27. The number of ether oxygens (including phenoxy) is 1. The van der Waals surface area contributed by atoms with Crippen molar-refractivity contribution in [1.29, 1.82) is 0 Å². The number of Topliss-reactive ketones (excluding diaryl/α,β-unsaturated/α-hetero) is 1. The summed E-state index contributed by atoms with van der Waals surface area (Å²) in [6, 6.07) is 6.75. The Hall–Kier alpha value is -3.68. The normalized spacial score (nSPS) is 10.6. The number of esters is 1. The van der Waals surface area contributed by atoms with Crippen molar-refractivity contribution in [3.63, 3.8) is 0 Å². The molecule has 0 fully saturated rings. The second-order valence-electron chi connectivity index (χ2n) is 6.77. The molecule has 0 aliphatic rings. The van der Waals surface area contributed by atoms with Gasteiger partial charge in [-0.1, -0.05) is 6.07 Å². The molecule has 0 saturated carbocycles. The number of pyridine rings is 1. The molecule has 0 spiro atoms. The maximum atomic E-state index is 13.1. The van der Waals surface area contributed by atoms with Gasteiger partial charge in [0.25, 0.3) is 5.91 Å². The monoisotopic (exact) mass is 409 g/mol. The van der Waals surface area contributed by atoms with Crippen molar-refractivity contribution in [2.45, 2.75) is 27.3 Å². The number of ketones is 1. The van der Waals surface area contributed by atoms with Gasteiger partial charge in [0.1, 0.15) is 5.69 Å². The number of aromatic amines is 1. The molecule has 3 aromatic heterocycles. The Bertz CT molecular complexity index is 1040. The van der Waals surface area contributed by atoms with Gasteiger partial charge in [-0.25, -0.2) is 4.79 Å². The molecule has 0 unspecified atom stereocenters. The molecule has 156 valence electrons. The van der Waals surface area contributed by atoms with Crippen LogP contribution in [0.4, 0.5) is 0 Å². The van der Waals surface area contributed by atoms with Crippen LogP contribution in [0.3, 0.4) is 0 Å². The molecule has 8 nitrogen and oxygen atoms in total. The van der Waals surface area contributed by atoms with E-state index < -0.39 is 11.9 Å². The summed E-state index contributed by atoms with van der Waals surface area (Å²) in [5.74, 6) is -1.08. The predicted octanol–water partition coefficient (Wildman–Crippen LogP) is 3.32. The molecule has 1 amide bonds. The average Bonchev–Trinajstić information content (AvgIpc) is 3.36. The molecule has 3 aromatic rings. The molecule has 0 aliphatic carbocycles. The number of H-pyrrole nitrogens is 1. The second-order valence-corrected chi connectivity index (χ2v) is 6.77. The third-order valence-corrected chi connectivity index (χ3v) is 4.65. The first-order valence-electron chi connectivity index (χ1n) is 9.53. The summed E-state index contributed by atoms with van der Waals surface area (Å²) in [5.41, 5.74) is 2.45. The fourth-order valence-electron chi connectivity index (χ4n) is 3.30. The van der Waals surface area contributed by atoms with E-state index in [1.54, 1.807) is 51.4 Å². The van der Waals surface area contributed by atoms with Crippen LogP contribution in [-0.4, -0.2) is 45.7 Å². The largest absolute Gasteiger partial charge is 0.461 e. The zero-order chi connectivity index (χ0) is 21.7. The lowest BCUT2D eigenvalue weighted by atomic mass is 10.0. The molecule has 0 aromatic carbocycles. The quantitative estimate of drug-likeness (QED) is 0.452. The number of aromatic nitrogens is 2. The molecule has 3 rings (SSSR count). The summed E-state index contributed by atoms with van der Waals surface area (Å²) in [5, 5.41) is 0. The summed E-state index contributed by atoms with van der Waals surface area (Å²) >= 11 is 0. The number of hydrogen-bond acceptors (Lipinski definition) is 6. The summed E-state index contributed by atoms with van der Waals surface area (Å²) in [6.45, 7) is 5.34. The molecule has 0 radical (unpaired) electrons. The van der Waals surface area contributed by atoms with E-state index in [9.17, 15) is 14.4 Å². The van der Waals surface area contributed by atoms with E-state index in [-0.39, 0.29) is 36.9 Å². The first-order valence-corrected chi connectivity index (χ1v) is 9.53. The van der Waals surface area contributed by atoms with Gasteiger partial charge in [-0.15, -0.1) is 0 Å². The third kappa shape index (κ3) is 4.48. The maximum Gasteiger partial charge on any atom is 0.355 e. The van der Waals surface area contributed by atoms with Gasteiger partial charge in [0, 0.05) is 30.2 Å². The Balaban J connectivity index is 1.88. The number of hydrogen-bond donors (Lipinski definition) is 1. The van der Waals surface area contributed by atoms with Crippen LogP contribution < -0.4 is 0 Å². The average molecular weight is 409 g/mol. The minimum Gasteiger partial charge on any atom is -0.461 e. The van der Waals surface area contributed by atoms with Crippen LogP contribution >= 0.6 is 0 Å². The fraction of sp³-hybridized carbons (Fsp3) is 0.273. The summed E-state index contributed by atoms with van der Waals surface area (Å²) in [7, 11) is 0. The van der Waals surface area contributed by atoms with E-state index in [0.717, 1.165) is 5.56 Å². The summed E-state index contributed by atoms with van der Waals surface area (Å²) in [6.07, 6.45) is 4.68. The predicted molar refractivity (Wildman–Crippen MR) is 108 cm³/mol. The Morgan fingerprint density at radius 2 is 2.00 bits per heavy atom. The maximum absolute atomic E-state index is 13.1. The molecule has 3 heterocycles. The van der Waals surface area contributed by atoms with Crippen molar-refractivity contribution in [3.8, 4) is 0 Å². The van der Waals surface area contributed by atoms with Gasteiger partial charge >= 0.3 is 5.97 Å². The first-order chi connectivity index (χ1) is 14.4. The fourth-order valence-corrected chi connectivity index (χ4v) is 3.30. The van der Waals surface area contributed by atoms with E-state index in [0.29, 0.717) is 16.8 Å². The zero-order valence-corrected chi connectivity index (χ0v) is 17.1. The highest BCUT2D eigenvalue weighted by molar-refractivity contribution is 6.05. The Kier molecular flexibility index (Phi) is 6.46. The van der Waals surface area contributed by atoms with Gasteiger partial charge in [0.2, 0.25) is 0 Å². The lowest BCUT2D eigenvalue weighted by Crippen LogP contribution is -2.35. The number of rotatable bonds is 8. The van der Waals surface area contributed by atoms with Crippen molar-refractivity contribution < 1.29 is 23.5 Å². The minimum atomic E-state index is -0.518. The second kappa shape index (κ2) is 9.21. The van der Waals surface area contributed by atoms with E-state index in [1.165, 1.54) is 11.2 Å². The van der Waals surface area contributed by atoms with Gasteiger partial charge in [0.15, 0.2) is 11.5 Å². The van der Waals surface area contributed by atoms with Crippen molar-refractivity contribution >= 4 is 17.7 Å². The number of furan rings is 1. The highest BCUT2D eigenvalue weighted by Crippen LogP contribution is 2.21. The molecule has 30 heavy (non-hydrogen) atoms. The van der Waals surface area contributed by atoms with Gasteiger partial charge in [-0.2, -0.15) is 0 Å². The molecular formula is C22H23N3O5. The van der Waals surface area contributed by atoms with Crippen molar-refractivity contribution in [2.24, 2.45) is 0 Å². The van der Waals surface area contributed by atoms with Crippen LogP contribution in [0.25, 0.3) is 0 Å². The van der Waals surface area contributed by atoms with Crippen LogP contribution in [0.15, 0.2) is 47.3 Å². The first kappa shape index (κ1) is 21.0. The number of nitrogens with one attached hydrogen (secondary N) is 1. The van der Waals surface area contributed by atoms with Gasteiger partial charge < -0.3 is 19.0 Å². The van der Waals surface area contributed by atoms with Gasteiger partial charge in [-0.05, 0) is 50.1 Å². The van der Waals surface area contributed by atoms with E-state index in [2.05, 4.69) is 9.97 Å². The summed E-state index contributed by atoms with van der Waals surface area (Å²) < 4.78 is 10.3. The molecule has 1 N–H and O–H groups in total. The minimum absolute atomic E-state index is 0.140. The van der Waals surface area contributed by atoms with Crippen LogP contribution in [0.1, 0.15) is 55.1 Å². The van der Waals surface area contributed by atoms with Crippen molar-refractivity contribution in [2.75, 3.05) is 13.2 Å². The van der Waals surface area contributed by atoms with E-state index in [1.807, 2.05) is 6.07 Å². The Morgan fingerprint density at radius 3 is 2.63 bits per heavy atom. The smallest absolute Gasteiger partial charge is 0.355 e. The van der Waals surface area contributed by atoms with E-state index >= 15 is 0 Å². The number of amides is 1. The standard InChI is InChI=1S/C22H23N3O5/c1-4-29-22(28)20-14(2)19(15(3)24-20)17(26)13-25(12-16-7-5-9-23-11-16)21(27)18-8-6-10-30-18/h5-11,24H,4,12-13H2,1-3H3. The molecule has 0 saturated heterocycles. The van der Waals surface area contributed by atoms with Crippen LogP contribution in [0.5, 0.6) is 0 Å². The van der Waals surface area contributed by atoms with Crippen molar-refractivity contribution in [3.05, 3.63) is 76.8 Å². The lowest BCUT2D eigenvalue weighted by Gasteiger charge is -2.21. The number of carbonyl (C=O) groups is 3.